The van der Waals surface area contributed by atoms with Crippen LogP contribution in [0.5, 0.6) is 0 Å². The van der Waals surface area contributed by atoms with Crippen molar-refractivity contribution in [3.8, 4) is 0 Å². The molecule has 274 valence electrons. The monoisotopic (exact) mass is 667 g/mol. The minimum atomic E-state index is -0.161. The summed E-state index contributed by atoms with van der Waals surface area (Å²) in [6.07, 6.45) is 40.0. The van der Waals surface area contributed by atoms with Crippen molar-refractivity contribution in [1.82, 2.24) is 0 Å². The molecule has 2 rings (SSSR count). The lowest BCUT2D eigenvalue weighted by Crippen LogP contribution is -2.33. The Kier molecular flexibility index (Phi) is 25.7. The highest BCUT2D eigenvalue weighted by Crippen LogP contribution is 2.30. The van der Waals surface area contributed by atoms with Gasteiger partial charge in [-0.25, -0.2) is 4.99 Å². The number of fused-ring (bicyclic) bond motifs is 2. The van der Waals surface area contributed by atoms with E-state index in [1.807, 2.05) is 0 Å². The van der Waals surface area contributed by atoms with Crippen LogP contribution in [0.4, 0.5) is 11.4 Å². The van der Waals surface area contributed by atoms with E-state index in [0.29, 0.717) is 12.8 Å². The number of nitrogens with zero attached hydrogens (tertiary/aromatic N) is 2. The second-order valence-corrected chi connectivity index (χ2v) is 14.6. The Morgan fingerprint density at radius 1 is 0.479 bits per heavy atom. The number of rotatable bonds is 35. The molecule has 2 amide bonds. The SMILES string of the molecule is NC(=O)CCCCCCCCCCCCCCCCCN1C(CCCCCCCCCCCCCCCCC(N)=O)=Nc2cccc1c2. The maximum absolute atomic E-state index is 10.8. The molecular formula is C42H74N4O2. The summed E-state index contributed by atoms with van der Waals surface area (Å²) < 4.78 is 0. The van der Waals surface area contributed by atoms with Gasteiger partial charge in [-0.2, -0.15) is 0 Å². The van der Waals surface area contributed by atoms with Gasteiger partial charge < -0.3 is 16.4 Å². The molecule has 4 N–H and O–H groups in total. The van der Waals surface area contributed by atoms with Gasteiger partial charge >= 0.3 is 0 Å². The molecule has 6 nitrogen and oxygen atoms in total. The number of unbranched alkanes of at least 4 members (excludes halogenated alkanes) is 27. The summed E-state index contributed by atoms with van der Waals surface area (Å²) in [7, 11) is 0. The fourth-order valence-electron chi connectivity index (χ4n) is 7.11. The predicted molar refractivity (Wildman–Crippen MR) is 207 cm³/mol. The maximum atomic E-state index is 10.8. The minimum Gasteiger partial charge on any atom is -0.370 e. The highest BCUT2D eigenvalue weighted by molar-refractivity contribution is 6.01. The molecule has 1 aliphatic heterocycles. The van der Waals surface area contributed by atoms with E-state index in [4.69, 9.17) is 16.5 Å². The molecule has 0 atom stereocenters. The molecule has 0 fully saturated rings. The Hall–Kier alpha value is -2.37. The van der Waals surface area contributed by atoms with Crippen molar-refractivity contribution in [3.05, 3.63) is 24.3 Å². The zero-order valence-corrected chi connectivity index (χ0v) is 31.0. The van der Waals surface area contributed by atoms with Crippen molar-refractivity contribution < 1.29 is 9.59 Å². The van der Waals surface area contributed by atoms with E-state index in [2.05, 4.69) is 29.2 Å². The second-order valence-electron chi connectivity index (χ2n) is 14.6. The van der Waals surface area contributed by atoms with Crippen molar-refractivity contribution in [1.29, 1.82) is 0 Å². The molecule has 0 spiro atoms. The van der Waals surface area contributed by atoms with Crippen molar-refractivity contribution >= 4 is 29.0 Å². The number of amidine groups is 1. The van der Waals surface area contributed by atoms with Gasteiger partial charge in [-0.15, -0.1) is 0 Å². The fourth-order valence-corrected chi connectivity index (χ4v) is 7.11. The molecule has 0 aliphatic carbocycles. The molecule has 0 saturated carbocycles. The Morgan fingerprint density at radius 2 is 0.833 bits per heavy atom. The van der Waals surface area contributed by atoms with Gasteiger partial charge in [0.15, 0.2) is 0 Å². The first-order chi connectivity index (χ1) is 23.6. The molecule has 1 aromatic carbocycles. The highest BCUT2D eigenvalue weighted by atomic mass is 16.1. The van der Waals surface area contributed by atoms with Crippen LogP contribution in [-0.4, -0.2) is 24.2 Å². The highest BCUT2D eigenvalue weighted by Gasteiger charge is 2.18. The predicted octanol–water partition coefficient (Wildman–Crippen LogP) is 12.0. The largest absolute Gasteiger partial charge is 0.370 e. The molecule has 6 heteroatoms. The van der Waals surface area contributed by atoms with Crippen molar-refractivity contribution in [2.24, 2.45) is 16.5 Å². The number of anilines is 1. The third kappa shape index (κ3) is 23.1. The van der Waals surface area contributed by atoms with Crippen molar-refractivity contribution in [2.75, 3.05) is 11.4 Å². The summed E-state index contributed by atoms with van der Waals surface area (Å²) in [5.41, 5.74) is 12.9. The van der Waals surface area contributed by atoms with Gasteiger partial charge in [0.2, 0.25) is 11.8 Å². The van der Waals surface area contributed by atoms with Gasteiger partial charge in [0, 0.05) is 31.5 Å². The van der Waals surface area contributed by atoms with E-state index in [-0.39, 0.29) is 11.8 Å². The van der Waals surface area contributed by atoms with Crippen LogP contribution < -0.4 is 16.4 Å². The number of benzene rings is 1. The van der Waals surface area contributed by atoms with Gasteiger partial charge in [-0.3, -0.25) is 9.59 Å². The Morgan fingerprint density at radius 3 is 1.23 bits per heavy atom. The van der Waals surface area contributed by atoms with E-state index in [1.165, 1.54) is 172 Å². The van der Waals surface area contributed by atoms with Crippen LogP contribution in [-0.2, 0) is 9.59 Å². The third-order valence-electron chi connectivity index (χ3n) is 10.1. The molecule has 0 radical (unpaired) electrons. The summed E-state index contributed by atoms with van der Waals surface area (Å²) in [4.78, 5) is 29.1. The average molecular weight is 667 g/mol. The summed E-state index contributed by atoms with van der Waals surface area (Å²) in [6, 6.07) is 8.81. The number of carbonyl (C=O) groups excluding carboxylic acids is 2. The zero-order chi connectivity index (χ0) is 34.3. The van der Waals surface area contributed by atoms with Gasteiger partial charge in [-0.05, 0) is 43.9 Å². The van der Waals surface area contributed by atoms with Crippen molar-refractivity contribution in [3.63, 3.8) is 0 Å². The number of nitrogens with two attached hydrogens (primary N) is 2. The van der Waals surface area contributed by atoms with Gasteiger partial charge in [0.25, 0.3) is 0 Å². The van der Waals surface area contributed by atoms with E-state index in [0.717, 1.165) is 44.3 Å². The van der Waals surface area contributed by atoms with Gasteiger partial charge in [0.05, 0.1) is 5.69 Å². The van der Waals surface area contributed by atoms with Gasteiger partial charge in [0.1, 0.15) is 5.84 Å². The van der Waals surface area contributed by atoms with Crippen LogP contribution in [0.2, 0.25) is 0 Å². The summed E-state index contributed by atoms with van der Waals surface area (Å²) in [5.74, 6) is 0.970. The molecule has 2 bridgehead atoms. The van der Waals surface area contributed by atoms with Crippen LogP contribution in [0.15, 0.2) is 29.3 Å². The smallest absolute Gasteiger partial charge is 0.217 e. The first-order valence-electron chi connectivity index (χ1n) is 20.6. The Balaban J connectivity index is 1.41. The van der Waals surface area contributed by atoms with E-state index in [1.54, 1.807) is 0 Å². The van der Waals surface area contributed by atoms with Crippen LogP contribution in [0.1, 0.15) is 205 Å². The van der Waals surface area contributed by atoms with E-state index >= 15 is 0 Å². The van der Waals surface area contributed by atoms with E-state index < -0.39 is 0 Å². The molecule has 0 aromatic heterocycles. The average Bonchev–Trinajstić information content (AvgIpc) is 3.06. The van der Waals surface area contributed by atoms with Crippen LogP contribution in [0.3, 0.4) is 0 Å². The maximum Gasteiger partial charge on any atom is 0.217 e. The first-order valence-corrected chi connectivity index (χ1v) is 20.6. The van der Waals surface area contributed by atoms with Crippen LogP contribution in [0, 0.1) is 0 Å². The lowest BCUT2D eigenvalue weighted by molar-refractivity contribution is -0.119. The first kappa shape index (κ1) is 41.8. The fraction of sp³-hybridized carbons (Fsp3) is 0.786. The zero-order valence-electron chi connectivity index (χ0n) is 31.0. The summed E-state index contributed by atoms with van der Waals surface area (Å²) >= 11 is 0. The topological polar surface area (TPSA) is 102 Å². The summed E-state index contributed by atoms with van der Waals surface area (Å²) in [5, 5.41) is 0. The molecular weight excluding hydrogens is 592 g/mol. The number of hydrogen-bond donors (Lipinski definition) is 2. The quantitative estimate of drug-likeness (QED) is 0.0705. The molecule has 48 heavy (non-hydrogen) atoms. The second kappa shape index (κ2) is 29.5. The molecule has 1 aliphatic rings. The van der Waals surface area contributed by atoms with E-state index in [9.17, 15) is 9.59 Å². The summed E-state index contributed by atoms with van der Waals surface area (Å²) in [6.45, 7) is 1.10. The normalized spacial score (nSPS) is 12.4. The Bertz CT molecular complexity index is 978. The minimum absolute atomic E-state index is 0.160. The van der Waals surface area contributed by atoms with Crippen LogP contribution in [0.25, 0.3) is 0 Å². The van der Waals surface area contributed by atoms with Crippen LogP contribution >= 0.6 is 0 Å². The Labute approximate surface area is 295 Å². The standard InChI is InChI=1S/C42H74N4O2/c43-40(47)33-26-22-18-14-10-6-2-1-5-9-13-17-21-25-29-36-46-39-32-30-31-38(37-39)45-42(46)35-28-24-20-16-12-8-4-3-7-11-15-19-23-27-34-41(44)48/h30-32,37H,1-29,33-36H2,(H2,43,47)(H2,44,48). The lowest BCUT2D eigenvalue weighted by atomic mass is 10.0. The number of carbonyl (C=O) groups is 2. The number of amides is 2. The molecule has 1 aromatic rings. The van der Waals surface area contributed by atoms with Crippen molar-refractivity contribution in [2.45, 2.75) is 205 Å². The third-order valence-corrected chi connectivity index (χ3v) is 10.1. The lowest BCUT2D eigenvalue weighted by Gasteiger charge is -2.30. The molecule has 0 saturated heterocycles. The number of aliphatic imine (C=N–C) groups is 1. The number of primary amides is 2. The number of hydrogen-bond acceptors (Lipinski definition) is 4. The molecule has 0 unspecified atom stereocenters. The molecule has 1 heterocycles. The van der Waals surface area contributed by atoms with Gasteiger partial charge in [-0.1, -0.05) is 167 Å².